The number of nitrogens with zero attached hydrogens (tertiary/aromatic N) is 1. The number of hydrogen-bond donors (Lipinski definition) is 1. The van der Waals surface area contributed by atoms with Crippen LogP contribution in [0.5, 0.6) is 11.5 Å². The van der Waals surface area contributed by atoms with Crippen molar-refractivity contribution in [2.45, 2.75) is 26.3 Å². The van der Waals surface area contributed by atoms with Crippen LogP contribution in [-0.4, -0.2) is 42.3 Å². The lowest BCUT2D eigenvalue weighted by atomic mass is 9.90. The summed E-state index contributed by atoms with van der Waals surface area (Å²) in [6.07, 6.45) is 1.64. The average molecular weight is 384 g/mol. The van der Waals surface area contributed by atoms with E-state index in [1.165, 1.54) is 0 Å². The number of likely N-dealkylation sites (tertiary alicyclic amines) is 1. The van der Waals surface area contributed by atoms with E-state index in [2.05, 4.69) is 27.8 Å². The average Bonchev–Trinajstić information content (AvgIpc) is 2.72. The lowest BCUT2D eigenvalue weighted by Crippen LogP contribution is -2.42. The minimum atomic E-state index is -0.695. The molecule has 6 heteroatoms. The van der Waals surface area contributed by atoms with Crippen LogP contribution >= 0.6 is 15.9 Å². The van der Waals surface area contributed by atoms with Gasteiger partial charge in [-0.2, -0.15) is 0 Å². The summed E-state index contributed by atoms with van der Waals surface area (Å²) in [7, 11) is 0. The smallest absolute Gasteiger partial charge is 0.307 e. The van der Waals surface area contributed by atoms with Crippen molar-refractivity contribution in [3.8, 4) is 11.5 Å². The van der Waals surface area contributed by atoms with E-state index in [1.807, 2.05) is 12.1 Å². The van der Waals surface area contributed by atoms with Gasteiger partial charge in [0.2, 0.25) is 0 Å². The van der Waals surface area contributed by atoms with E-state index in [0.29, 0.717) is 32.2 Å². The van der Waals surface area contributed by atoms with Gasteiger partial charge in [-0.3, -0.25) is 9.69 Å². The molecule has 0 spiro atoms. The number of carboxylic acid groups (broad SMARTS) is 1. The summed E-state index contributed by atoms with van der Waals surface area (Å²) in [6.45, 7) is 5.68. The van der Waals surface area contributed by atoms with Crippen molar-refractivity contribution in [3.63, 3.8) is 0 Å². The highest BCUT2D eigenvalue weighted by molar-refractivity contribution is 9.10. The van der Waals surface area contributed by atoms with Crippen LogP contribution in [0.15, 0.2) is 16.6 Å². The number of rotatable bonds is 3. The lowest BCUT2D eigenvalue weighted by molar-refractivity contribution is -0.144. The Kier molecular flexibility index (Phi) is 5.11. The Bertz CT molecular complexity index is 592. The normalized spacial score (nSPS) is 25.0. The van der Waals surface area contributed by atoms with Gasteiger partial charge in [-0.1, -0.05) is 22.9 Å². The SMILES string of the molecule is CC1CC(C(=O)O)CN(Cc2cc3c(cc2Br)OCCCO3)C1. The predicted octanol–water partition coefficient (Wildman–Crippen LogP) is 3.15. The third-order valence-electron chi connectivity index (χ3n) is 4.40. The maximum absolute atomic E-state index is 11.3. The molecule has 1 fully saturated rings. The maximum atomic E-state index is 11.3. The summed E-state index contributed by atoms with van der Waals surface area (Å²) in [6, 6.07) is 3.97. The van der Waals surface area contributed by atoms with E-state index < -0.39 is 5.97 Å². The monoisotopic (exact) mass is 383 g/mol. The van der Waals surface area contributed by atoms with Crippen LogP contribution in [0.2, 0.25) is 0 Å². The topological polar surface area (TPSA) is 59.0 Å². The second-order valence-electron chi connectivity index (χ2n) is 6.51. The van der Waals surface area contributed by atoms with Crippen molar-refractivity contribution < 1.29 is 19.4 Å². The molecule has 1 aromatic carbocycles. The van der Waals surface area contributed by atoms with Gasteiger partial charge in [0.05, 0.1) is 19.1 Å². The first kappa shape index (κ1) is 16.6. The highest BCUT2D eigenvalue weighted by atomic mass is 79.9. The molecule has 1 saturated heterocycles. The van der Waals surface area contributed by atoms with Gasteiger partial charge in [0.25, 0.3) is 0 Å². The summed E-state index contributed by atoms with van der Waals surface area (Å²) in [5, 5.41) is 9.31. The third kappa shape index (κ3) is 3.98. The van der Waals surface area contributed by atoms with Gasteiger partial charge in [0, 0.05) is 30.5 Å². The molecule has 0 amide bonds. The largest absolute Gasteiger partial charge is 0.490 e. The second kappa shape index (κ2) is 7.09. The van der Waals surface area contributed by atoms with Crippen LogP contribution in [0.25, 0.3) is 0 Å². The zero-order valence-electron chi connectivity index (χ0n) is 13.3. The van der Waals surface area contributed by atoms with Crippen molar-refractivity contribution in [1.82, 2.24) is 4.90 Å². The number of ether oxygens (including phenoxy) is 2. The molecule has 23 heavy (non-hydrogen) atoms. The van der Waals surface area contributed by atoms with Crippen molar-refractivity contribution in [1.29, 1.82) is 0 Å². The Morgan fingerprint density at radius 1 is 1.30 bits per heavy atom. The number of carboxylic acids is 1. The van der Waals surface area contributed by atoms with Crippen molar-refractivity contribution in [2.24, 2.45) is 11.8 Å². The third-order valence-corrected chi connectivity index (χ3v) is 5.13. The zero-order valence-corrected chi connectivity index (χ0v) is 14.8. The van der Waals surface area contributed by atoms with Crippen LogP contribution in [-0.2, 0) is 11.3 Å². The fourth-order valence-electron chi connectivity index (χ4n) is 3.36. The molecule has 5 nitrogen and oxygen atoms in total. The minimum Gasteiger partial charge on any atom is -0.490 e. The van der Waals surface area contributed by atoms with Crippen LogP contribution < -0.4 is 9.47 Å². The minimum absolute atomic E-state index is 0.280. The van der Waals surface area contributed by atoms with E-state index >= 15 is 0 Å². The molecule has 3 rings (SSSR count). The molecule has 2 heterocycles. The Morgan fingerprint density at radius 2 is 2.00 bits per heavy atom. The molecule has 1 aromatic rings. The Balaban J connectivity index is 1.76. The summed E-state index contributed by atoms with van der Waals surface area (Å²) in [4.78, 5) is 13.5. The van der Waals surface area contributed by atoms with E-state index in [4.69, 9.17) is 9.47 Å². The van der Waals surface area contributed by atoms with Crippen molar-refractivity contribution >= 4 is 21.9 Å². The summed E-state index contributed by atoms with van der Waals surface area (Å²) >= 11 is 3.61. The fraction of sp³-hybridized carbons (Fsp3) is 0.588. The van der Waals surface area contributed by atoms with Gasteiger partial charge in [0.1, 0.15) is 0 Å². The Labute approximate surface area is 144 Å². The molecular weight excluding hydrogens is 362 g/mol. The number of piperidine rings is 1. The van der Waals surface area contributed by atoms with Gasteiger partial charge >= 0.3 is 5.97 Å². The summed E-state index contributed by atoms with van der Waals surface area (Å²) < 4.78 is 12.4. The quantitative estimate of drug-likeness (QED) is 0.868. The van der Waals surface area contributed by atoms with Crippen LogP contribution in [0.4, 0.5) is 0 Å². The predicted molar refractivity (Wildman–Crippen MR) is 89.9 cm³/mol. The van der Waals surface area contributed by atoms with Gasteiger partial charge in [-0.25, -0.2) is 0 Å². The standard InChI is InChI=1S/C17H22BrNO4/c1-11-5-13(17(20)21)10-19(8-11)9-12-6-15-16(7-14(12)18)23-4-2-3-22-15/h6-7,11,13H,2-5,8-10H2,1H3,(H,20,21). The summed E-state index contributed by atoms with van der Waals surface area (Å²) in [5.41, 5.74) is 1.10. The molecule has 2 aliphatic rings. The van der Waals surface area contributed by atoms with E-state index in [1.54, 1.807) is 0 Å². The molecule has 0 aromatic heterocycles. The van der Waals surface area contributed by atoms with Gasteiger partial charge in [-0.15, -0.1) is 0 Å². The molecule has 2 aliphatic heterocycles. The van der Waals surface area contributed by atoms with Gasteiger partial charge in [-0.05, 0) is 30.0 Å². The van der Waals surface area contributed by atoms with E-state index in [9.17, 15) is 9.90 Å². The number of carbonyl (C=O) groups is 1. The van der Waals surface area contributed by atoms with Crippen LogP contribution in [0, 0.1) is 11.8 Å². The fourth-order valence-corrected chi connectivity index (χ4v) is 3.81. The number of aliphatic carboxylic acids is 1. The molecule has 0 radical (unpaired) electrons. The zero-order chi connectivity index (χ0) is 16.4. The van der Waals surface area contributed by atoms with Crippen LogP contribution in [0.1, 0.15) is 25.3 Å². The maximum Gasteiger partial charge on any atom is 0.307 e. The molecule has 2 atom stereocenters. The number of hydrogen-bond acceptors (Lipinski definition) is 4. The van der Waals surface area contributed by atoms with E-state index in [0.717, 1.165) is 40.9 Å². The highest BCUT2D eigenvalue weighted by Gasteiger charge is 2.29. The number of halogens is 1. The highest BCUT2D eigenvalue weighted by Crippen LogP contribution is 2.36. The molecule has 0 aliphatic carbocycles. The lowest BCUT2D eigenvalue weighted by Gasteiger charge is -2.34. The Morgan fingerprint density at radius 3 is 2.70 bits per heavy atom. The first-order valence-corrected chi connectivity index (χ1v) is 8.85. The molecule has 0 bridgehead atoms. The molecule has 126 valence electrons. The van der Waals surface area contributed by atoms with E-state index in [-0.39, 0.29) is 5.92 Å². The van der Waals surface area contributed by atoms with Crippen molar-refractivity contribution in [3.05, 3.63) is 22.2 Å². The molecular formula is C17H22BrNO4. The molecule has 2 unspecified atom stereocenters. The first-order valence-electron chi connectivity index (χ1n) is 8.06. The summed E-state index contributed by atoms with van der Waals surface area (Å²) in [5.74, 6) is 0.968. The number of fused-ring (bicyclic) bond motifs is 1. The molecule has 0 saturated carbocycles. The van der Waals surface area contributed by atoms with Gasteiger partial charge < -0.3 is 14.6 Å². The first-order chi connectivity index (χ1) is 11.0. The Hall–Kier alpha value is -1.27. The molecule has 1 N–H and O–H groups in total. The second-order valence-corrected chi connectivity index (χ2v) is 7.37. The number of benzene rings is 1. The van der Waals surface area contributed by atoms with Gasteiger partial charge in [0.15, 0.2) is 11.5 Å². The van der Waals surface area contributed by atoms with Crippen LogP contribution in [0.3, 0.4) is 0 Å². The van der Waals surface area contributed by atoms with Crippen molar-refractivity contribution in [2.75, 3.05) is 26.3 Å².